The minimum atomic E-state index is 0.389. The molecule has 0 aliphatic heterocycles. The summed E-state index contributed by atoms with van der Waals surface area (Å²) in [6, 6.07) is 0. The van der Waals surface area contributed by atoms with E-state index in [1.165, 1.54) is 0 Å². The minimum absolute atomic E-state index is 0.389. The predicted octanol–water partition coefficient (Wildman–Crippen LogP) is 3.08. The zero-order chi connectivity index (χ0) is 8.85. The molecule has 2 atom stereocenters. The van der Waals surface area contributed by atoms with Crippen molar-refractivity contribution in [3.8, 4) is 0 Å². The van der Waals surface area contributed by atoms with Crippen LogP contribution >= 0.6 is 15.9 Å². The van der Waals surface area contributed by atoms with Crippen LogP contribution in [0.3, 0.4) is 0 Å². The van der Waals surface area contributed by atoms with Crippen LogP contribution in [0.15, 0.2) is 0 Å². The Labute approximate surface area is 78.6 Å². The molecular formula is C9H19BrO. The van der Waals surface area contributed by atoms with Gasteiger partial charge in [-0.3, -0.25) is 0 Å². The van der Waals surface area contributed by atoms with Gasteiger partial charge in [-0.1, -0.05) is 29.8 Å². The second-order valence-corrected chi connectivity index (χ2v) is 4.09. The molecule has 0 amide bonds. The Morgan fingerprint density at radius 2 is 1.82 bits per heavy atom. The van der Waals surface area contributed by atoms with Crippen molar-refractivity contribution in [1.82, 2.24) is 0 Å². The quantitative estimate of drug-likeness (QED) is 0.651. The second-order valence-electron chi connectivity index (χ2n) is 3.44. The molecule has 0 rings (SSSR count). The van der Waals surface area contributed by atoms with Gasteiger partial charge in [-0.25, -0.2) is 0 Å². The number of alkyl halides is 1. The summed E-state index contributed by atoms with van der Waals surface area (Å²) in [5, 5.41) is 1.08. The molecule has 0 saturated heterocycles. The standard InChI is InChI=1S/C9H19BrO/c1-7(2)9(6-10)5-8(3)11-4/h7-9H,5-6H2,1-4H3. The van der Waals surface area contributed by atoms with Crippen molar-refractivity contribution in [1.29, 1.82) is 0 Å². The average Bonchev–Trinajstić information content (AvgIpc) is 1.99. The van der Waals surface area contributed by atoms with E-state index in [1.807, 2.05) is 0 Å². The lowest BCUT2D eigenvalue weighted by Gasteiger charge is -2.21. The maximum atomic E-state index is 5.21. The van der Waals surface area contributed by atoms with Crippen molar-refractivity contribution in [2.45, 2.75) is 33.3 Å². The highest BCUT2D eigenvalue weighted by Crippen LogP contribution is 2.20. The van der Waals surface area contributed by atoms with E-state index < -0.39 is 0 Å². The molecule has 0 aromatic rings. The third-order valence-electron chi connectivity index (χ3n) is 2.18. The summed E-state index contributed by atoms with van der Waals surface area (Å²) < 4.78 is 5.21. The Morgan fingerprint density at radius 3 is 2.09 bits per heavy atom. The van der Waals surface area contributed by atoms with Gasteiger partial charge >= 0.3 is 0 Å². The molecule has 0 radical (unpaired) electrons. The summed E-state index contributed by atoms with van der Waals surface area (Å²) >= 11 is 3.52. The monoisotopic (exact) mass is 222 g/mol. The van der Waals surface area contributed by atoms with Gasteiger partial charge in [0, 0.05) is 12.4 Å². The highest BCUT2D eigenvalue weighted by atomic mass is 79.9. The summed E-state index contributed by atoms with van der Waals surface area (Å²) in [5.41, 5.74) is 0. The van der Waals surface area contributed by atoms with Crippen LogP contribution in [-0.2, 0) is 4.74 Å². The fraction of sp³-hybridized carbons (Fsp3) is 1.00. The van der Waals surface area contributed by atoms with Gasteiger partial charge in [-0.2, -0.15) is 0 Å². The number of hydrogen-bond donors (Lipinski definition) is 0. The first-order chi connectivity index (χ1) is 5.11. The molecule has 0 heterocycles. The van der Waals surface area contributed by atoms with Crippen LogP contribution in [0.5, 0.6) is 0 Å². The second kappa shape index (κ2) is 6.01. The van der Waals surface area contributed by atoms with Crippen molar-refractivity contribution in [3.05, 3.63) is 0 Å². The molecule has 1 nitrogen and oxygen atoms in total. The lowest BCUT2D eigenvalue weighted by molar-refractivity contribution is 0.0912. The largest absolute Gasteiger partial charge is 0.382 e. The first kappa shape index (κ1) is 11.4. The Morgan fingerprint density at radius 1 is 1.27 bits per heavy atom. The van der Waals surface area contributed by atoms with Crippen LogP contribution in [0.2, 0.25) is 0 Å². The van der Waals surface area contributed by atoms with Gasteiger partial charge in [0.2, 0.25) is 0 Å². The molecule has 0 bridgehead atoms. The zero-order valence-corrected chi connectivity index (χ0v) is 9.52. The lowest BCUT2D eigenvalue weighted by Crippen LogP contribution is -2.18. The van der Waals surface area contributed by atoms with Crippen molar-refractivity contribution >= 4 is 15.9 Å². The maximum absolute atomic E-state index is 5.21. The normalized spacial score (nSPS) is 16.9. The topological polar surface area (TPSA) is 9.23 Å². The van der Waals surface area contributed by atoms with E-state index in [-0.39, 0.29) is 0 Å². The average molecular weight is 223 g/mol. The summed E-state index contributed by atoms with van der Waals surface area (Å²) in [7, 11) is 1.77. The van der Waals surface area contributed by atoms with Crippen LogP contribution in [0, 0.1) is 11.8 Å². The van der Waals surface area contributed by atoms with Gasteiger partial charge in [-0.05, 0) is 25.2 Å². The third kappa shape index (κ3) is 4.81. The van der Waals surface area contributed by atoms with Crippen LogP contribution < -0.4 is 0 Å². The van der Waals surface area contributed by atoms with E-state index >= 15 is 0 Å². The van der Waals surface area contributed by atoms with E-state index in [1.54, 1.807) is 7.11 Å². The predicted molar refractivity (Wildman–Crippen MR) is 53.2 cm³/mol. The van der Waals surface area contributed by atoms with Gasteiger partial charge in [0.05, 0.1) is 6.10 Å². The third-order valence-corrected chi connectivity index (χ3v) is 3.01. The lowest BCUT2D eigenvalue weighted by atomic mass is 9.92. The number of ether oxygens (including phenoxy) is 1. The molecule has 0 fully saturated rings. The molecule has 0 aliphatic rings. The van der Waals surface area contributed by atoms with E-state index in [0.717, 1.165) is 23.6 Å². The molecule has 11 heavy (non-hydrogen) atoms. The zero-order valence-electron chi connectivity index (χ0n) is 7.93. The fourth-order valence-electron chi connectivity index (χ4n) is 1.04. The van der Waals surface area contributed by atoms with Gasteiger partial charge in [0.15, 0.2) is 0 Å². The molecule has 0 spiro atoms. The molecule has 2 heteroatoms. The SMILES string of the molecule is COC(C)CC(CBr)C(C)C. The van der Waals surface area contributed by atoms with Gasteiger partial charge in [-0.15, -0.1) is 0 Å². The van der Waals surface area contributed by atoms with Crippen LogP contribution in [0.4, 0.5) is 0 Å². The number of methoxy groups -OCH3 is 1. The molecule has 68 valence electrons. The Kier molecular flexibility index (Phi) is 6.25. The molecule has 0 N–H and O–H groups in total. The van der Waals surface area contributed by atoms with E-state index in [9.17, 15) is 0 Å². The summed E-state index contributed by atoms with van der Waals surface area (Å²) in [6.45, 7) is 6.64. The number of rotatable bonds is 5. The van der Waals surface area contributed by atoms with Crippen LogP contribution in [-0.4, -0.2) is 18.5 Å². The highest BCUT2D eigenvalue weighted by Gasteiger charge is 2.14. The Balaban J connectivity index is 3.68. The molecule has 0 saturated carbocycles. The van der Waals surface area contributed by atoms with E-state index in [4.69, 9.17) is 4.74 Å². The van der Waals surface area contributed by atoms with Crippen molar-refractivity contribution < 1.29 is 4.74 Å². The number of halogens is 1. The van der Waals surface area contributed by atoms with Crippen LogP contribution in [0.1, 0.15) is 27.2 Å². The Bertz CT molecular complexity index is 93.6. The molecule has 2 unspecified atom stereocenters. The van der Waals surface area contributed by atoms with Crippen molar-refractivity contribution in [2.24, 2.45) is 11.8 Å². The van der Waals surface area contributed by atoms with Crippen molar-refractivity contribution in [3.63, 3.8) is 0 Å². The van der Waals surface area contributed by atoms with Gasteiger partial charge in [0.1, 0.15) is 0 Å². The van der Waals surface area contributed by atoms with Crippen LogP contribution in [0.25, 0.3) is 0 Å². The summed E-state index contributed by atoms with van der Waals surface area (Å²) in [5.74, 6) is 1.48. The summed E-state index contributed by atoms with van der Waals surface area (Å²) in [6.07, 6.45) is 1.54. The minimum Gasteiger partial charge on any atom is -0.382 e. The molecule has 0 aromatic heterocycles. The molecule has 0 aliphatic carbocycles. The summed E-state index contributed by atoms with van der Waals surface area (Å²) in [4.78, 5) is 0. The highest BCUT2D eigenvalue weighted by molar-refractivity contribution is 9.09. The van der Waals surface area contributed by atoms with E-state index in [2.05, 4.69) is 36.7 Å². The van der Waals surface area contributed by atoms with Gasteiger partial charge in [0.25, 0.3) is 0 Å². The van der Waals surface area contributed by atoms with Gasteiger partial charge < -0.3 is 4.74 Å². The first-order valence-electron chi connectivity index (χ1n) is 4.20. The van der Waals surface area contributed by atoms with Crippen molar-refractivity contribution in [2.75, 3.05) is 12.4 Å². The number of hydrogen-bond acceptors (Lipinski definition) is 1. The molecule has 0 aromatic carbocycles. The fourth-order valence-corrected chi connectivity index (χ4v) is 2.05. The Hall–Kier alpha value is 0.440. The maximum Gasteiger partial charge on any atom is 0.0546 e. The molecular weight excluding hydrogens is 204 g/mol. The first-order valence-corrected chi connectivity index (χ1v) is 5.32. The smallest absolute Gasteiger partial charge is 0.0546 e. The van der Waals surface area contributed by atoms with E-state index in [0.29, 0.717) is 6.10 Å².